The van der Waals surface area contributed by atoms with Crippen molar-refractivity contribution in [2.45, 2.75) is 128 Å². The van der Waals surface area contributed by atoms with E-state index in [1.807, 2.05) is 0 Å². The second kappa shape index (κ2) is 13.9. The molecule has 8 heteroatoms. The number of piperidine rings is 1. The van der Waals surface area contributed by atoms with Gasteiger partial charge in [-0.2, -0.15) is 0 Å². The number of nitrogens with two attached hydrogens (primary N) is 2. The predicted molar refractivity (Wildman–Crippen MR) is 144 cm³/mol. The van der Waals surface area contributed by atoms with Crippen LogP contribution in [0, 0.1) is 35.5 Å². The summed E-state index contributed by atoms with van der Waals surface area (Å²) in [4.78, 5) is 24.3. The van der Waals surface area contributed by atoms with Gasteiger partial charge in [-0.25, -0.2) is 0 Å². The molecule has 1 saturated heterocycles. The third-order valence-electron chi connectivity index (χ3n) is 10.4. The molecule has 3 aliphatic carbocycles. The van der Waals surface area contributed by atoms with Crippen molar-refractivity contribution in [3.05, 3.63) is 0 Å². The number of quaternary nitrogens is 1. The molecule has 0 spiro atoms. The molecule has 0 aromatic carbocycles. The topological polar surface area (TPSA) is 125 Å². The van der Waals surface area contributed by atoms with Crippen LogP contribution in [0.25, 0.3) is 0 Å². The summed E-state index contributed by atoms with van der Waals surface area (Å²) >= 11 is 0. The van der Waals surface area contributed by atoms with Crippen molar-refractivity contribution in [3.8, 4) is 0 Å². The highest BCUT2D eigenvalue weighted by Gasteiger charge is 2.43. The molecular weight excluding hydrogens is 484 g/mol. The van der Waals surface area contributed by atoms with E-state index in [1.165, 1.54) is 46.0 Å². The fourth-order valence-corrected chi connectivity index (χ4v) is 8.67. The molecule has 5 N–H and O–H groups in total. The van der Waals surface area contributed by atoms with Crippen LogP contribution in [0.15, 0.2) is 0 Å². The molecule has 1 aliphatic heterocycles. The van der Waals surface area contributed by atoms with Crippen LogP contribution in [0.3, 0.4) is 0 Å². The minimum Gasteiger partial charge on any atom is -0.462 e. The van der Waals surface area contributed by atoms with Gasteiger partial charge in [0.25, 0.3) is 0 Å². The third kappa shape index (κ3) is 7.92. The monoisotopic (exact) mass is 537 g/mol. The lowest BCUT2D eigenvalue weighted by Gasteiger charge is -2.45. The molecule has 3 saturated carbocycles. The third-order valence-corrected chi connectivity index (χ3v) is 10.4. The molecule has 0 aromatic heterocycles. The van der Waals surface area contributed by atoms with Crippen LogP contribution in [0.2, 0.25) is 0 Å². The Hall–Kier alpha value is -1.22. The number of carbonyl (C=O) groups excluding carboxylic acids is 2. The Kier molecular flexibility index (Phi) is 10.9. The second-order valence-electron chi connectivity index (χ2n) is 12.9. The van der Waals surface area contributed by atoms with Crippen LogP contribution in [0.4, 0.5) is 0 Å². The molecule has 4 rings (SSSR count). The van der Waals surface area contributed by atoms with E-state index in [-0.39, 0.29) is 36.4 Å². The van der Waals surface area contributed by atoms with Crippen molar-refractivity contribution in [2.75, 3.05) is 13.7 Å². The zero-order valence-electron chi connectivity index (χ0n) is 23.9. The molecule has 4 fully saturated rings. The first kappa shape index (κ1) is 29.8. The highest BCUT2D eigenvalue weighted by Crippen LogP contribution is 2.46. The van der Waals surface area contributed by atoms with Gasteiger partial charge in [-0.3, -0.25) is 15.3 Å². The smallest absolute Gasteiger partial charge is 0.302 e. The highest BCUT2D eigenvalue weighted by atomic mass is 16.6. The Morgan fingerprint density at radius 1 is 0.974 bits per heavy atom. The number of hydrogen-bond donors (Lipinski definition) is 3. The minimum absolute atomic E-state index is 0.125. The maximum absolute atomic E-state index is 12.1. The lowest BCUT2D eigenvalue weighted by molar-refractivity contribution is -0.699. The quantitative estimate of drug-likeness (QED) is 0.366. The molecule has 1 heterocycles. The summed E-state index contributed by atoms with van der Waals surface area (Å²) in [5.74, 6) is 2.50. The Morgan fingerprint density at radius 2 is 1.76 bits per heavy atom. The fraction of sp³-hybridized carbons (Fsp3) is 0.933. The van der Waals surface area contributed by atoms with Crippen LogP contribution in [0.1, 0.15) is 97.3 Å². The van der Waals surface area contributed by atoms with Crippen LogP contribution in [-0.2, 0) is 23.8 Å². The summed E-state index contributed by atoms with van der Waals surface area (Å²) in [6.45, 7) is 4.00. The zero-order valence-corrected chi connectivity index (χ0v) is 23.9. The number of esters is 2. The summed E-state index contributed by atoms with van der Waals surface area (Å²) in [5.41, 5.74) is 6.30. The Morgan fingerprint density at radius 3 is 2.47 bits per heavy atom. The number of carbonyl (C=O) groups is 2. The van der Waals surface area contributed by atoms with Gasteiger partial charge in [0.1, 0.15) is 18.4 Å². The van der Waals surface area contributed by atoms with Crippen LogP contribution < -0.4 is 11.1 Å². The van der Waals surface area contributed by atoms with Gasteiger partial charge in [0, 0.05) is 33.8 Å². The molecule has 218 valence electrons. The van der Waals surface area contributed by atoms with Crippen molar-refractivity contribution in [3.63, 3.8) is 0 Å². The molecule has 8 nitrogen and oxygen atoms in total. The Labute approximate surface area is 229 Å². The van der Waals surface area contributed by atoms with Gasteiger partial charge in [-0.1, -0.05) is 25.7 Å². The minimum atomic E-state index is -0.452. The maximum atomic E-state index is 12.1. The summed E-state index contributed by atoms with van der Waals surface area (Å²) in [5, 5.41) is 13.0. The SMILES string of the molecule is COC1CC(CC[C@H](C[C@@H](OC(C)=O)[C@H]2CC[C@H]3CCC[C@H]2C3)OC(C)=O)C(C2CC[NH2+]C(N)C2)CC1O. The lowest BCUT2D eigenvalue weighted by Crippen LogP contribution is -2.94. The molecule has 0 amide bonds. The van der Waals surface area contributed by atoms with E-state index in [0.29, 0.717) is 36.0 Å². The number of aliphatic hydroxyl groups excluding tert-OH is 1. The highest BCUT2D eigenvalue weighted by molar-refractivity contribution is 5.66. The van der Waals surface area contributed by atoms with Crippen LogP contribution >= 0.6 is 0 Å². The first-order chi connectivity index (χ1) is 18.2. The molecule has 0 radical (unpaired) electrons. The van der Waals surface area contributed by atoms with E-state index in [4.69, 9.17) is 19.9 Å². The molecule has 11 atom stereocenters. The van der Waals surface area contributed by atoms with Gasteiger partial charge in [-0.05, 0) is 80.5 Å². The van der Waals surface area contributed by atoms with Crippen molar-refractivity contribution in [1.29, 1.82) is 0 Å². The van der Waals surface area contributed by atoms with Gasteiger partial charge in [0.05, 0.1) is 18.8 Å². The molecule has 38 heavy (non-hydrogen) atoms. The summed E-state index contributed by atoms with van der Waals surface area (Å²) in [6.07, 6.45) is 12.2. The summed E-state index contributed by atoms with van der Waals surface area (Å²) in [6, 6.07) is 0. The maximum Gasteiger partial charge on any atom is 0.302 e. The number of rotatable bonds is 10. The van der Waals surface area contributed by atoms with Gasteiger partial charge >= 0.3 is 11.9 Å². The molecule has 2 bridgehead atoms. The Bertz CT molecular complexity index is 780. The predicted octanol–water partition coefficient (Wildman–Crippen LogP) is 2.90. The zero-order chi connectivity index (χ0) is 27.2. The van der Waals surface area contributed by atoms with Crippen molar-refractivity contribution in [1.82, 2.24) is 0 Å². The number of fused-ring (bicyclic) bond motifs is 2. The lowest BCUT2D eigenvalue weighted by atomic mass is 9.64. The van der Waals surface area contributed by atoms with E-state index in [9.17, 15) is 14.7 Å². The normalized spacial score (nSPS) is 39.1. The van der Waals surface area contributed by atoms with E-state index < -0.39 is 6.10 Å². The van der Waals surface area contributed by atoms with E-state index in [1.54, 1.807) is 7.11 Å². The second-order valence-corrected chi connectivity index (χ2v) is 12.9. The van der Waals surface area contributed by atoms with E-state index in [0.717, 1.165) is 57.4 Å². The molecule has 0 aromatic rings. The fourth-order valence-electron chi connectivity index (χ4n) is 8.67. The van der Waals surface area contributed by atoms with Gasteiger partial charge in [-0.15, -0.1) is 0 Å². The largest absolute Gasteiger partial charge is 0.462 e. The van der Waals surface area contributed by atoms with Gasteiger partial charge in [0.2, 0.25) is 0 Å². The van der Waals surface area contributed by atoms with Crippen molar-refractivity contribution in [2.24, 2.45) is 41.2 Å². The first-order valence-corrected chi connectivity index (χ1v) is 15.4. The first-order valence-electron chi connectivity index (χ1n) is 15.4. The number of hydrogen-bond acceptors (Lipinski definition) is 7. The number of methoxy groups -OCH3 is 1. The van der Waals surface area contributed by atoms with E-state index in [2.05, 4.69) is 5.32 Å². The molecule has 4 aliphatic rings. The number of ether oxygens (including phenoxy) is 3. The molecular formula is C30H53N2O6+. The summed E-state index contributed by atoms with van der Waals surface area (Å²) < 4.78 is 17.5. The van der Waals surface area contributed by atoms with Crippen LogP contribution in [0.5, 0.6) is 0 Å². The average Bonchev–Trinajstić information content (AvgIpc) is 2.87. The Balaban J connectivity index is 1.45. The van der Waals surface area contributed by atoms with Crippen LogP contribution in [-0.4, -0.2) is 61.3 Å². The van der Waals surface area contributed by atoms with E-state index >= 15 is 0 Å². The van der Waals surface area contributed by atoms with Gasteiger partial charge in [0.15, 0.2) is 0 Å². The standard InChI is InChI=1S/C30H52N2O6/c1-18(33)37-24(16-28(38-19(2)34)25-10-7-20-5-4-6-21(25)13-20)9-8-22-14-29(36-3)27(35)17-26(22)23-11-12-32-30(31)15-23/h20-30,32,35H,4-17,31H2,1-3H3/p+1/t20-,21+,22?,23?,24-,25+,26?,27?,28-,29?,30?/m1/s1. The molecule has 6 unspecified atom stereocenters. The number of aliphatic hydroxyl groups is 1. The average molecular weight is 538 g/mol. The summed E-state index contributed by atoms with van der Waals surface area (Å²) in [7, 11) is 1.68. The van der Waals surface area contributed by atoms with Crippen molar-refractivity contribution >= 4 is 11.9 Å². The van der Waals surface area contributed by atoms with Crippen molar-refractivity contribution < 1.29 is 34.2 Å². The van der Waals surface area contributed by atoms with Gasteiger partial charge < -0.3 is 24.6 Å².